The molecule has 0 aliphatic carbocycles. The fraction of sp³-hybridized carbons (Fsp3) is 0.267. The number of aromatic nitrogens is 2. The van der Waals surface area contributed by atoms with Crippen LogP contribution in [0.2, 0.25) is 0 Å². The van der Waals surface area contributed by atoms with Crippen LogP contribution in [0.4, 0.5) is 5.69 Å². The van der Waals surface area contributed by atoms with Crippen molar-refractivity contribution in [3.63, 3.8) is 0 Å². The number of esters is 2. The normalized spacial score (nSPS) is 11.4. The first-order valence-corrected chi connectivity index (χ1v) is 6.74. The summed E-state index contributed by atoms with van der Waals surface area (Å²) >= 11 is 0. The van der Waals surface area contributed by atoms with Crippen LogP contribution in [-0.4, -0.2) is 36.1 Å². The first-order valence-electron chi connectivity index (χ1n) is 6.74. The lowest BCUT2D eigenvalue weighted by Gasteiger charge is -2.14. The van der Waals surface area contributed by atoms with Gasteiger partial charge in [0.05, 0.1) is 37.0 Å². The van der Waals surface area contributed by atoms with Gasteiger partial charge in [-0.25, -0.2) is 14.4 Å². The number of fused-ring (bicyclic) bond motifs is 1. The van der Waals surface area contributed by atoms with Crippen molar-refractivity contribution in [3.8, 4) is 0 Å². The molecule has 0 radical (unpaired) electrons. The Hall–Kier alpha value is -3.03. The average Bonchev–Trinajstić information content (AvgIpc) is 2.89. The highest BCUT2D eigenvalue weighted by Gasteiger charge is 2.17. The van der Waals surface area contributed by atoms with Gasteiger partial charge in [0.2, 0.25) is 0 Å². The molecule has 8 heteroatoms. The third-order valence-electron chi connectivity index (χ3n) is 3.46. The van der Waals surface area contributed by atoms with E-state index in [2.05, 4.69) is 24.8 Å². The molecule has 0 amide bonds. The summed E-state index contributed by atoms with van der Waals surface area (Å²) in [5.41, 5.74) is 2.82. The Balaban J connectivity index is 2.60. The van der Waals surface area contributed by atoms with Crippen LogP contribution in [0, 0.1) is 13.8 Å². The predicted molar refractivity (Wildman–Crippen MR) is 84.1 cm³/mol. The number of rotatable bonds is 4. The topological polar surface area (TPSA) is 113 Å². The van der Waals surface area contributed by atoms with E-state index in [9.17, 15) is 14.4 Å². The molecule has 0 aliphatic heterocycles. The van der Waals surface area contributed by atoms with Gasteiger partial charge in [0, 0.05) is 0 Å². The van der Waals surface area contributed by atoms with Gasteiger partial charge in [-0.15, -0.1) is 0 Å². The Kier molecular flexibility index (Phi) is 4.54. The smallest absolute Gasteiger partial charge is 0.354 e. The fourth-order valence-electron chi connectivity index (χ4n) is 2.14. The second-order valence-corrected chi connectivity index (χ2v) is 4.89. The van der Waals surface area contributed by atoms with Crippen LogP contribution in [0.3, 0.4) is 0 Å². The second kappa shape index (κ2) is 6.39. The molecule has 2 rings (SSSR count). The first-order chi connectivity index (χ1) is 10.9. The molecule has 0 atom stereocenters. The molecule has 1 aromatic heterocycles. The summed E-state index contributed by atoms with van der Waals surface area (Å²) in [6, 6.07) is 1.82. The van der Waals surface area contributed by atoms with Crippen molar-refractivity contribution in [1.29, 1.82) is 0 Å². The number of methoxy groups -OCH3 is 2. The highest BCUT2D eigenvalue weighted by molar-refractivity contribution is 6.01. The summed E-state index contributed by atoms with van der Waals surface area (Å²) in [5.74, 6) is -1.44. The second-order valence-electron chi connectivity index (χ2n) is 4.89. The average molecular weight is 319 g/mol. The van der Waals surface area contributed by atoms with Crippen molar-refractivity contribution in [2.24, 2.45) is 0 Å². The standard InChI is InChI=1S/C15H17N3O5/c1-7-5-9-13(18-15(21)17-9)12(8(7)2)16-10(14(20)23-4)6-11(19)22-3/h5-6,16H,1-4H3,(H2,17,18,21)/b10-6+. The molecule has 8 nitrogen and oxygen atoms in total. The van der Waals surface area contributed by atoms with Crippen LogP contribution >= 0.6 is 0 Å². The van der Waals surface area contributed by atoms with Crippen LogP contribution in [0.1, 0.15) is 11.1 Å². The van der Waals surface area contributed by atoms with Crippen LogP contribution in [0.15, 0.2) is 22.6 Å². The monoisotopic (exact) mass is 319 g/mol. The largest absolute Gasteiger partial charge is 0.466 e. The summed E-state index contributed by atoms with van der Waals surface area (Å²) in [6.07, 6.45) is 0.990. The molecule has 122 valence electrons. The Labute approximate surface area is 131 Å². The molecule has 0 fully saturated rings. The molecular weight excluding hydrogens is 302 g/mol. The highest BCUT2D eigenvalue weighted by atomic mass is 16.5. The summed E-state index contributed by atoms with van der Waals surface area (Å²) in [5, 5.41) is 2.86. The number of aryl methyl sites for hydroxylation is 1. The zero-order chi connectivity index (χ0) is 17.1. The number of hydrogen-bond donors (Lipinski definition) is 3. The van der Waals surface area contributed by atoms with Gasteiger partial charge in [0.15, 0.2) is 0 Å². The Bertz CT molecular complexity index is 860. The number of H-pyrrole nitrogens is 2. The number of benzene rings is 1. The van der Waals surface area contributed by atoms with Crippen molar-refractivity contribution in [2.75, 3.05) is 19.5 Å². The van der Waals surface area contributed by atoms with Crippen molar-refractivity contribution >= 4 is 28.7 Å². The lowest BCUT2D eigenvalue weighted by Crippen LogP contribution is -2.16. The number of aromatic amines is 2. The van der Waals surface area contributed by atoms with E-state index in [0.29, 0.717) is 16.7 Å². The molecule has 1 heterocycles. The molecular formula is C15H17N3O5. The molecule has 23 heavy (non-hydrogen) atoms. The minimum absolute atomic E-state index is 0.101. The zero-order valence-electron chi connectivity index (χ0n) is 13.2. The SMILES string of the molecule is COC(=O)/C=C(/Nc1c(C)c(C)cc2[nH]c(=O)[nH]c12)C(=O)OC. The zero-order valence-corrected chi connectivity index (χ0v) is 13.2. The summed E-state index contributed by atoms with van der Waals surface area (Å²) in [6.45, 7) is 3.70. The molecule has 0 saturated carbocycles. The molecule has 0 unspecified atom stereocenters. The maximum atomic E-state index is 11.9. The van der Waals surface area contributed by atoms with Gasteiger partial charge in [0.25, 0.3) is 0 Å². The quantitative estimate of drug-likeness (QED) is 0.575. The summed E-state index contributed by atoms with van der Waals surface area (Å²) in [7, 11) is 2.40. The van der Waals surface area contributed by atoms with E-state index in [-0.39, 0.29) is 11.4 Å². The lowest BCUT2D eigenvalue weighted by atomic mass is 10.1. The maximum absolute atomic E-state index is 11.9. The first kappa shape index (κ1) is 16.3. The van der Waals surface area contributed by atoms with E-state index >= 15 is 0 Å². The third kappa shape index (κ3) is 3.25. The number of imidazole rings is 1. The van der Waals surface area contributed by atoms with Gasteiger partial charge in [-0.3, -0.25) is 0 Å². The number of ether oxygens (including phenoxy) is 2. The lowest BCUT2D eigenvalue weighted by molar-refractivity contribution is -0.138. The van der Waals surface area contributed by atoms with Gasteiger partial charge in [0.1, 0.15) is 5.70 Å². The maximum Gasteiger partial charge on any atom is 0.354 e. The molecule has 3 N–H and O–H groups in total. The number of anilines is 1. The Morgan fingerprint density at radius 2 is 1.87 bits per heavy atom. The summed E-state index contributed by atoms with van der Waals surface area (Å²) < 4.78 is 9.19. The van der Waals surface area contributed by atoms with E-state index in [4.69, 9.17) is 0 Å². The Morgan fingerprint density at radius 1 is 1.17 bits per heavy atom. The van der Waals surface area contributed by atoms with Gasteiger partial charge in [-0.2, -0.15) is 0 Å². The van der Waals surface area contributed by atoms with Gasteiger partial charge < -0.3 is 24.8 Å². The minimum atomic E-state index is -0.734. The van der Waals surface area contributed by atoms with Crippen LogP contribution in [0.5, 0.6) is 0 Å². The van der Waals surface area contributed by atoms with Crippen LogP contribution in [0.25, 0.3) is 11.0 Å². The number of hydrogen-bond acceptors (Lipinski definition) is 6. The van der Waals surface area contributed by atoms with Gasteiger partial charge in [-0.1, -0.05) is 0 Å². The van der Waals surface area contributed by atoms with Crippen LogP contribution in [-0.2, 0) is 19.1 Å². The van der Waals surface area contributed by atoms with Crippen molar-refractivity contribution in [1.82, 2.24) is 9.97 Å². The highest BCUT2D eigenvalue weighted by Crippen LogP contribution is 2.28. The fourth-order valence-corrected chi connectivity index (χ4v) is 2.14. The van der Waals surface area contributed by atoms with E-state index in [1.165, 1.54) is 14.2 Å². The van der Waals surface area contributed by atoms with Gasteiger partial charge in [-0.05, 0) is 31.0 Å². The van der Waals surface area contributed by atoms with Crippen molar-refractivity contribution < 1.29 is 19.1 Å². The number of nitrogens with one attached hydrogen (secondary N) is 3. The number of carbonyl (C=O) groups excluding carboxylic acids is 2. The van der Waals surface area contributed by atoms with Crippen molar-refractivity contribution in [2.45, 2.75) is 13.8 Å². The minimum Gasteiger partial charge on any atom is -0.466 e. The predicted octanol–water partition coefficient (Wildman–Crippen LogP) is 1.11. The van der Waals surface area contributed by atoms with E-state index in [1.807, 2.05) is 19.9 Å². The molecule has 0 aliphatic rings. The van der Waals surface area contributed by atoms with E-state index in [1.54, 1.807) is 0 Å². The van der Waals surface area contributed by atoms with Crippen molar-refractivity contribution in [3.05, 3.63) is 39.5 Å². The van der Waals surface area contributed by atoms with E-state index < -0.39 is 11.9 Å². The van der Waals surface area contributed by atoms with Crippen LogP contribution < -0.4 is 11.0 Å². The number of carbonyl (C=O) groups is 2. The third-order valence-corrected chi connectivity index (χ3v) is 3.46. The molecule has 0 saturated heterocycles. The summed E-state index contributed by atoms with van der Waals surface area (Å²) in [4.78, 5) is 40.2. The van der Waals surface area contributed by atoms with E-state index in [0.717, 1.165) is 17.2 Å². The molecule has 0 spiro atoms. The molecule has 2 aromatic rings. The molecule has 0 bridgehead atoms. The van der Waals surface area contributed by atoms with Gasteiger partial charge >= 0.3 is 17.6 Å². The molecule has 1 aromatic carbocycles. The Morgan fingerprint density at radius 3 is 2.48 bits per heavy atom.